The SMILES string of the molecule is COc1ccc(C2CC(C)N(S(=O)(=O)C3CNNC3C)C2)cc1. The third kappa shape index (κ3) is 3.10. The van der Waals surface area contributed by atoms with E-state index < -0.39 is 15.3 Å². The van der Waals surface area contributed by atoms with Crippen LogP contribution in [0.4, 0.5) is 0 Å². The molecule has 23 heavy (non-hydrogen) atoms. The molecule has 2 heterocycles. The first-order chi connectivity index (χ1) is 10.9. The summed E-state index contributed by atoms with van der Waals surface area (Å²) < 4.78 is 32.8. The lowest BCUT2D eigenvalue weighted by Gasteiger charge is -2.26. The number of hydrogen-bond donors (Lipinski definition) is 2. The van der Waals surface area contributed by atoms with Crippen molar-refractivity contribution in [2.24, 2.45) is 0 Å². The third-order valence-electron chi connectivity index (χ3n) is 5.00. The van der Waals surface area contributed by atoms with Crippen molar-refractivity contribution in [1.29, 1.82) is 0 Å². The van der Waals surface area contributed by atoms with Crippen LogP contribution < -0.4 is 15.6 Å². The lowest BCUT2D eigenvalue weighted by Crippen LogP contribution is -2.45. The minimum atomic E-state index is -3.31. The van der Waals surface area contributed by atoms with Crippen molar-refractivity contribution >= 4 is 10.0 Å². The second kappa shape index (κ2) is 6.39. The van der Waals surface area contributed by atoms with E-state index in [4.69, 9.17) is 4.74 Å². The fourth-order valence-corrected chi connectivity index (χ4v) is 5.80. The zero-order valence-electron chi connectivity index (χ0n) is 13.8. The van der Waals surface area contributed by atoms with Gasteiger partial charge < -0.3 is 4.74 Å². The highest BCUT2D eigenvalue weighted by atomic mass is 32.2. The van der Waals surface area contributed by atoms with Crippen molar-refractivity contribution in [3.63, 3.8) is 0 Å². The van der Waals surface area contributed by atoms with Gasteiger partial charge in [-0.05, 0) is 43.9 Å². The maximum Gasteiger partial charge on any atom is 0.220 e. The number of nitrogens with one attached hydrogen (secondary N) is 2. The van der Waals surface area contributed by atoms with E-state index in [0.29, 0.717) is 13.1 Å². The molecule has 2 aliphatic rings. The van der Waals surface area contributed by atoms with Crippen LogP contribution in [0.15, 0.2) is 24.3 Å². The van der Waals surface area contributed by atoms with Gasteiger partial charge in [-0.25, -0.2) is 8.42 Å². The first kappa shape index (κ1) is 16.7. The number of hydrazine groups is 1. The van der Waals surface area contributed by atoms with E-state index in [9.17, 15) is 8.42 Å². The summed E-state index contributed by atoms with van der Waals surface area (Å²) in [5.74, 6) is 1.06. The molecule has 2 aliphatic heterocycles. The minimum absolute atomic E-state index is 0.0277. The zero-order valence-corrected chi connectivity index (χ0v) is 14.6. The Morgan fingerprint density at radius 1 is 1.22 bits per heavy atom. The Morgan fingerprint density at radius 3 is 2.48 bits per heavy atom. The van der Waals surface area contributed by atoms with Crippen molar-refractivity contribution in [2.75, 3.05) is 20.2 Å². The fraction of sp³-hybridized carbons (Fsp3) is 0.625. The summed E-state index contributed by atoms with van der Waals surface area (Å²) in [6, 6.07) is 7.89. The van der Waals surface area contributed by atoms with Crippen LogP contribution in [0.3, 0.4) is 0 Å². The van der Waals surface area contributed by atoms with Gasteiger partial charge in [0.25, 0.3) is 0 Å². The largest absolute Gasteiger partial charge is 0.497 e. The molecule has 2 saturated heterocycles. The number of hydrogen-bond acceptors (Lipinski definition) is 5. The zero-order chi connectivity index (χ0) is 16.6. The molecule has 128 valence electrons. The Balaban J connectivity index is 1.77. The lowest BCUT2D eigenvalue weighted by molar-refractivity contribution is 0.397. The molecule has 0 amide bonds. The molecule has 0 aromatic heterocycles. The molecule has 4 unspecified atom stereocenters. The Kier molecular flexibility index (Phi) is 4.64. The number of benzene rings is 1. The van der Waals surface area contributed by atoms with Crippen LogP contribution in [0.2, 0.25) is 0 Å². The van der Waals surface area contributed by atoms with Crippen LogP contribution >= 0.6 is 0 Å². The quantitative estimate of drug-likeness (QED) is 0.859. The van der Waals surface area contributed by atoms with E-state index in [1.165, 1.54) is 5.56 Å². The highest BCUT2D eigenvalue weighted by Gasteiger charge is 2.44. The second-order valence-electron chi connectivity index (χ2n) is 6.52. The average Bonchev–Trinajstić information content (AvgIpc) is 3.14. The number of rotatable bonds is 4. The summed E-state index contributed by atoms with van der Waals surface area (Å²) >= 11 is 0. The number of sulfonamides is 1. The van der Waals surface area contributed by atoms with Crippen molar-refractivity contribution in [3.8, 4) is 5.75 Å². The van der Waals surface area contributed by atoms with Gasteiger partial charge >= 0.3 is 0 Å². The van der Waals surface area contributed by atoms with Crippen LogP contribution in [0, 0.1) is 0 Å². The maximum atomic E-state index is 13.0. The van der Waals surface area contributed by atoms with E-state index in [1.807, 2.05) is 38.1 Å². The topological polar surface area (TPSA) is 70.7 Å². The molecule has 6 nitrogen and oxygen atoms in total. The smallest absolute Gasteiger partial charge is 0.220 e. The molecule has 7 heteroatoms. The maximum absolute atomic E-state index is 13.0. The molecule has 0 saturated carbocycles. The first-order valence-electron chi connectivity index (χ1n) is 8.06. The van der Waals surface area contributed by atoms with E-state index in [1.54, 1.807) is 11.4 Å². The number of methoxy groups -OCH3 is 1. The summed E-state index contributed by atoms with van der Waals surface area (Å²) in [7, 11) is -1.66. The van der Waals surface area contributed by atoms with Crippen LogP contribution in [0.1, 0.15) is 31.7 Å². The highest BCUT2D eigenvalue weighted by molar-refractivity contribution is 7.89. The predicted octanol–water partition coefficient (Wildman–Crippen LogP) is 1.07. The molecule has 0 spiro atoms. The molecule has 2 N–H and O–H groups in total. The van der Waals surface area contributed by atoms with Crippen LogP contribution in [0.25, 0.3) is 0 Å². The number of ether oxygens (including phenoxy) is 1. The van der Waals surface area contributed by atoms with E-state index in [-0.39, 0.29) is 18.0 Å². The Hall–Kier alpha value is -1.15. The molecular formula is C16H25N3O3S. The fourth-order valence-electron chi connectivity index (χ4n) is 3.60. The van der Waals surface area contributed by atoms with Gasteiger partial charge in [0.1, 0.15) is 11.0 Å². The van der Waals surface area contributed by atoms with Gasteiger partial charge in [-0.15, -0.1) is 0 Å². The van der Waals surface area contributed by atoms with Crippen molar-refractivity contribution in [1.82, 2.24) is 15.2 Å². The number of nitrogens with zero attached hydrogens (tertiary/aromatic N) is 1. The summed E-state index contributed by atoms with van der Waals surface area (Å²) in [4.78, 5) is 0. The van der Waals surface area contributed by atoms with E-state index in [2.05, 4.69) is 10.9 Å². The van der Waals surface area contributed by atoms with Gasteiger partial charge in [-0.3, -0.25) is 10.9 Å². The van der Waals surface area contributed by atoms with E-state index >= 15 is 0 Å². The van der Waals surface area contributed by atoms with Crippen molar-refractivity contribution in [2.45, 2.75) is 43.5 Å². The van der Waals surface area contributed by atoms with Crippen LogP contribution in [-0.4, -0.2) is 50.3 Å². The molecule has 2 fully saturated rings. The van der Waals surface area contributed by atoms with Gasteiger partial charge in [0.2, 0.25) is 10.0 Å². The molecule has 1 aromatic rings. The monoisotopic (exact) mass is 339 g/mol. The predicted molar refractivity (Wildman–Crippen MR) is 89.8 cm³/mol. The van der Waals surface area contributed by atoms with Crippen LogP contribution in [0.5, 0.6) is 5.75 Å². The molecule has 0 bridgehead atoms. The van der Waals surface area contributed by atoms with Gasteiger partial charge in [0.15, 0.2) is 0 Å². The molecule has 1 aromatic carbocycles. The summed E-state index contributed by atoms with van der Waals surface area (Å²) in [5.41, 5.74) is 7.12. The van der Waals surface area contributed by atoms with Gasteiger partial charge in [0, 0.05) is 25.2 Å². The molecule has 0 aliphatic carbocycles. The van der Waals surface area contributed by atoms with Crippen LogP contribution in [-0.2, 0) is 10.0 Å². The van der Waals surface area contributed by atoms with E-state index in [0.717, 1.165) is 12.2 Å². The van der Waals surface area contributed by atoms with Gasteiger partial charge in [-0.2, -0.15) is 4.31 Å². The average molecular weight is 339 g/mol. The Bertz CT molecular complexity index is 647. The van der Waals surface area contributed by atoms with Gasteiger partial charge in [-0.1, -0.05) is 12.1 Å². The molecular weight excluding hydrogens is 314 g/mol. The summed E-state index contributed by atoms with van der Waals surface area (Å²) in [6.45, 7) is 4.92. The molecule has 0 radical (unpaired) electrons. The molecule has 4 atom stereocenters. The Morgan fingerprint density at radius 2 is 1.91 bits per heavy atom. The second-order valence-corrected chi connectivity index (χ2v) is 8.63. The summed E-state index contributed by atoms with van der Waals surface area (Å²) in [5, 5.41) is -0.403. The minimum Gasteiger partial charge on any atom is -0.497 e. The summed E-state index contributed by atoms with van der Waals surface area (Å²) in [6.07, 6.45) is 0.855. The first-order valence-corrected chi connectivity index (χ1v) is 9.56. The van der Waals surface area contributed by atoms with Gasteiger partial charge in [0.05, 0.1) is 7.11 Å². The highest BCUT2D eigenvalue weighted by Crippen LogP contribution is 2.35. The standard InChI is InChI=1S/C16H25N3O3S/c1-11-8-14(13-4-6-15(22-3)7-5-13)10-19(11)23(20,21)16-9-17-18-12(16)2/h4-7,11-12,14,16-18H,8-10H2,1-3H3. The lowest BCUT2D eigenvalue weighted by atomic mass is 9.97. The van der Waals surface area contributed by atoms with Crippen molar-refractivity contribution < 1.29 is 13.2 Å². The molecule has 3 rings (SSSR count). The normalized spacial score (nSPS) is 32.3. The third-order valence-corrected chi connectivity index (χ3v) is 7.51. The van der Waals surface area contributed by atoms with Crippen molar-refractivity contribution in [3.05, 3.63) is 29.8 Å². The Labute approximate surface area is 138 Å².